The summed E-state index contributed by atoms with van der Waals surface area (Å²) in [6.07, 6.45) is 1.25. The zero-order valence-corrected chi connectivity index (χ0v) is 24.9. The van der Waals surface area contributed by atoms with Crippen LogP contribution >= 0.6 is 11.8 Å². The van der Waals surface area contributed by atoms with Crippen LogP contribution in [-0.4, -0.2) is 72.7 Å². The van der Waals surface area contributed by atoms with Gasteiger partial charge >= 0.3 is 0 Å². The minimum absolute atomic E-state index is 0.0641. The van der Waals surface area contributed by atoms with E-state index in [-0.39, 0.29) is 29.9 Å². The molecule has 3 aromatic rings. The van der Waals surface area contributed by atoms with E-state index in [9.17, 15) is 14.4 Å². The number of para-hydroxylation sites is 1. The summed E-state index contributed by atoms with van der Waals surface area (Å²) in [7, 11) is 3.17. The first-order chi connectivity index (χ1) is 21.0. The SMILES string of the molecule is COc1ccc(CCNC(=O)CSC2=Nc3ccccc3C3=N[C@H](CC(=O)NCCc4ccccc4)C(=O)N23)cc1OC. The van der Waals surface area contributed by atoms with Crippen molar-refractivity contribution in [2.45, 2.75) is 25.3 Å². The number of rotatable bonds is 12. The number of benzene rings is 3. The highest BCUT2D eigenvalue weighted by Crippen LogP contribution is 2.34. The average Bonchev–Trinajstić information content (AvgIpc) is 3.36. The molecule has 43 heavy (non-hydrogen) atoms. The first-order valence-electron chi connectivity index (χ1n) is 14.0. The Bertz CT molecular complexity index is 1560. The molecule has 3 aromatic carbocycles. The Morgan fingerprint density at radius 2 is 1.56 bits per heavy atom. The van der Waals surface area contributed by atoms with Crippen LogP contribution in [0.3, 0.4) is 0 Å². The minimum Gasteiger partial charge on any atom is -0.493 e. The quantitative estimate of drug-likeness (QED) is 0.329. The lowest BCUT2D eigenvalue weighted by molar-refractivity contribution is -0.128. The fraction of sp³-hybridized carbons (Fsp3) is 0.281. The van der Waals surface area contributed by atoms with Crippen molar-refractivity contribution in [3.05, 3.63) is 89.5 Å². The molecular formula is C32H33N5O5S. The zero-order chi connectivity index (χ0) is 30.2. The summed E-state index contributed by atoms with van der Waals surface area (Å²) in [5.41, 5.74) is 3.50. The first-order valence-corrected chi connectivity index (χ1v) is 15.0. The smallest absolute Gasteiger partial charge is 0.259 e. The maximum Gasteiger partial charge on any atom is 0.259 e. The Hall–Kier alpha value is -4.64. The number of amidine groups is 2. The van der Waals surface area contributed by atoms with Gasteiger partial charge in [0.25, 0.3) is 5.91 Å². The molecule has 2 aliphatic rings. The topological polar surface area (TPSA) is 122 Å². The maximum atomic E-state index is 13.5. The molecule has 0 aliphatic carbocycles. The Morgan fingerprint density at radius 3 is 2.33 bits per heavy atom. The van der Waals surface area contributed by atoms with Crippen LogP contribution in [0.1, 0.15) is 23.1 Å². The second kappa shape index (κ2) is 14.0. The number of carbonyl (C=O) groups is 3. The highest BCUT2D eigenvalue weighted by molar-refractivity contribution is 8.14. The summed E-state index contributed by atoms with van der Waals surface area (Å²) in [4.78, 5) is 49.6. The lowest BCUT2D eigenvalue weighted by Crippen LogP contribution is -2.42. The summed E-state index contributed by atoms with van der Waals surface area (Å²) in [5.74, 6) is 1.03. The largest absolute Gasteiger partial charge is 0.493 e. The minimum atomic E-state index is -0.862. The van der Waals surface area contributed by atoms with Gasteiger partial charge < -0.3 is 20.1 Å². The van der Waals surface area contributed by atoms with E-state index >= 15 is 0 Å². The van der Waals surface area contributed by atoms with Crippen molar-refractivity contribution in [3.8, 4) is 11.5 Å². The molecule has 11 heteroatoms. The van der Waals surface area contributed by atoms with Gasteiger partial charge in [0, 0.05) is 18.7 Å². The molecule has 0 fully saturated rings. The Balaban J connectivity index is 1.17. The van der Waals surface area contributed by atoms with Gasteiger partial charge in [-0.2, -0.15) is 0 Å². The van der Waals surface area contributed by atoms with Crippen LogP contribution in [0.5, 0.6) is 11.5 Å². The molecule has 222 valence electrons. The van der Waals surface area contributed by atoms with Crippen molar-refractivity contribution < 1.29 is 23.9 Å². The first kappa shape index (κ1) is 29.8. The van der Waals surface area contributed by atoms with Crippen molar-refractivity contribution >= 4 is 46.2 Å². The van der Waals surface area contributed by atoms with Crippen LogP contribution in [-0.2, 0) is 27.2 Å². The van der Waals surface area contributed by atoms with Gasteiger partial charge in [0.15, 0.2) is 16.7 Å². The van der Waals surface area contributed by atoms with Gasteiger partial charge in [-0.1, -0.05) is 60.3 Å². The third-order valence-corrected chi connectivity index (χ3v) is 7.96. The lowest BCUT2D eigenvalue weighted by atomic mass is 10.1. The van der Waals surface area contributed by atoms with E-state index in [1.165, 1.54) is 4.90 Å². The fourth-order valence-electron chi connectivity index (χ4n) is 4.83. The van der Waals surface area contributed by atoms with Gasteiger partial charge in [0.1, 0.15) is 11.9 Å². The predicted octanol–water partition coefficient (Wildman–Crippen LogP) is 3.50. The summed E-state index contributed by atoms with van der Waals surface area (Å²) in [6, 6.07) is 22.1. The molecule has 0 radical (unpaired) electrons. The van der Waals surface area contributed by atoms with E-state index in [2.05, 4.69) is 20.6 Å². The predicted molar refractivity (Wildman–Crippen MR) is 167 cm³/mol. The number of fused-ring (bicyclic) bond motifs is 3. The fourth-order valence-corrected chi connectivity index (χ4v) is 5.66. The number of methoxy groups -OCH3 is 2. The van der Waals surface area contributed by atoms with E-state index < -0.39 is 6.04 Å². The molecule has 0 bridgehead atoms. The number of aliphatic imine (C=N–C) groups is 2. The lowest BCUT2D eigenvalue weighted by Gasteiger charge is -2.25. The number of amides is 3. The molecule has 0 aromatic heterocycles. The van der Waals surface area contributed by atoms with Crippen LogP contribution < -0.4 is 20.1 Å². The molecule has 2 aliphatic heterocycles. The van der Waals surface area contributed by atoms with Crippen LogP contribution in [0.2, 0.25) is 0 Å². The van der Waals surface area contributed by atoms with Crippen LogP contribution in [0.25, 0.3) is 0 Å². The van der Waals surface area contributed by atoms with E-state index in [1.54, 1.807) is 14.2 Å². The molecule has 0 unspecified atom stereocenters. The van der Waals surface area contributed by atoms with E-state index in [0.717, 1.165) is 22.9 Å². The Labute approximate surface area is 254 Å². The second-order valence-electron chi connectivity index (χ2n) is 9.92. The van der Waals surface area contributed by atoms with E-state index in [0.29, 0.717) is 59.7 Å². The average molecular weight is 600 g/mol. The number of hydrogen-bond acceptors (Lipinski definition) is 8. The van der Waals surface area contributed by atoms with Gasteiger partial charge in [-0.3, -0.25) is 19.4 Å². The van der Waals surface area contributed by atoms with Crippen molar-refractivity contribution in [1.29, 1.82) is 0 Å². The number of nitrogens with zero attached hydrogens (tertiary/aromatic N) is 3. The summed E-state index contributed by atoms with van der Waals surface area (Å²) >= 11 is 1.16. The molecular weight excluding hydrogens is 566 g/mol. The molecule has 5 rings (SSSR count). The van der Waals surface area contributed by atoms with Crippen molar-refractivity contribution in [1.82, 2.24) is 15.5 Å². The van der Waals surface area contributed by atoms with Crippen molar-refractivity contribution in [2.24, 2.45) is 9.98 Å². The van der Waals surface area contributed by atoms with Crippen LogP contribution in [0, 0.1) is 0 Å². The molecule has 0 saturated heterocycles. The van der Waals surface area contributed by atoms with Gasteiger partial charge in [0.2, 0.25) is 11.8 Å². The highest BCUT2D eigenvalue weighted by atomic mass is 32.2. The molecule has 0 saturated carbocycles. The number of ether oxygens (including phenoxy) is 2. The molecule has 3 amide bonds. The Morgan fingerprint density at radius 1 is 0.860 bits per heavy atom. The monoisotopic (exact) mass is 599 g/mol. The van der Waals surface area contributed by atoms with Gasteiger partial charge in [-0.05, 0) is 48.2 Å². The number of nitrogens with one attached hydrogen (secondary N) is 2. The summed E-state index contributed by atoms with van der Waals surface area (Å²) < 4.78 is 10.6. The van der Waals surface area contributed by atoms with Crippen LogP contribution in [0.4, 0.5) is 5.69 Å². The molecule has 2 N–H and O–H groups in total. The van der Waals surface area contributed by atoms with Crippen molar-refractivity contribution in [3.63, 3.8) is 0 Å². The third-order valence-electron chi connectivity index (χ3n) is 7.02. The second-order valence-corrected chi connectivity index (χ2v) is 10.9. The van der Waals surface area contributed by atoms with Crippen molar-refractivity contribution in [2.75, 3.05) is 33.1 Å². The molecule has 0 spiro atoms. The number of carbonyl (C=O) groups excluding carboxylic acids is 3. The zero-order valence-electron chi connectivity index (χ0n) is 24.0. The Kier molecular flexibility index (Phi) is 9.73. The standard InChI is InChI=1S/C32H33N5O5S/c1-41-26-13-12-22(18-27(26)42-2)15-17-34-29(39)20-43-32-36-24-11-7-6-10-23(24)30-35-25(31(40)37(30)32)19-28(38)33-16-14-21-8-4-3-5-9-21/h3-13,18,25H,14-17,19-20H2,1-2H3,(H,33,38)(H,34,39)/t25-/m1/s1. The van der Waals surface area contributed by atoms with Crippen LogP contribution in [0.15, 0.2) is 82.8 Å². The van der Waals surface area contributed by atoms with E-state index in [4.69, 9.17) is 9.47 Å². The highest BCUT2D eigenvalue weighted by Gasteiger charge is 2.42. The maximum absolute atomic E-state index is 13.5. The summed E-state index contributed by atoms with van der Waals surface area (Å²) in [5, 5.41) is 6.18. The van der Waals surface area contributed by atoms with E-state index in [1.807, 2.05) is 72.8 Å². The normalized spacial score (nSPS) is 15.2. The number of hydrogen-bond donors (Lipinski definition) is 2. The molecule has 1 atom stereocenters. The van der Waals surface area contributed by atoms with Gasteiger partial charge in [0.05, 0.1) is 32.1 Å². The third kappa shape index (κ3) is 7.23. The van der Waals surface area contributed by atoms with Gasteiger partial charge in [-0.25, -0.2) is 9.89 Å². The van der Waals surface area contributed by atoms with Gasteiger partial charge in [-0.15, -0.1) is 0 Å². The molecule has 2 heterocycles. The number of thioether (sulfide) groups is 1. The molecule has 10 nitrogen and oxygen atoms in total. The summed E-state index contributed by atoms with van der Waals surface area (Å²) in [6.45, 7) is 0.900.